The van der Waals surface area contributed by atoms with Gasteiger partial charge < -0.3 is 19.3 Å². The van der Waals surface area contributed by atoms with Gasteiger partial charge in [0.25, 0.3) is 5.91 Å². The number of hydrogen-bond acceptors (Lipinski definition) is 9. The lowest BCUT2D eigenvalue weighted by Crippen LogP contribution is -2.61. The molecule has 5 heterocycles. The lowest BCUT2D eigenvalue weighted by molar-refractivity contribution is -0.151. The molecule has 1 saturated heterocycles. The second-order valence-electron chi connectivity index (χ2n) is 9.53. The Labute approximate surface area is 207 Å². The average Bonchev–Trinajstić information content (AvgIpc) is 3.52. The summed E-state index contributed by atoms with van der Waals surface area (Å²) >= 11 is 0. The standard InChI is InChI=1S/C25H26N8O3/c1-15-12-32(24(34)25(3,4)35)16(2)11-31(15)21-20-18(23-28-7-8-36-23)13-33(22(20)30-14-29-21)19-9-17(10-26)5-6-27-19/h5-9,13-16,35H,11-12H2,1-4H3/t15-,16+/m0/s1. The molecule has 11 nitrogen and oxygen atoms in total. The molecular weight excluding hydrogens is 460 g/mol. The van der Waals surface area contributed by atoms with Crippen molar-refractivity contribution in [3.63, 3.8) is 0 Å². The van der Waals surface area contributed by atoms with E-state index in [1.54, 1.807) is 34.0 Å². The third-order valence-electron chi connectivity index (χ3n) is 6.39. The SMILES string of the molecule is C[C@@H]1CN(c2ncnc3c2c(-c2ncco2)cn3-c2cc(C#N)ccn2)[C@@H](C)CN1C(=O)C(C)(C)O. The highest BCUT2D eigenvalue weighted by atomic mass is 16.3. The average molecular weight is 487 g/mol. The maximum atomic E-state index is 12.8. The number of pyridine rings is 1. The zero-order valence-electron chi connectivity index (χ0n) is 20.5. The number of nitrogens with zero attached hydrogens (tertiary/aromatic N) is 8. The van der Waals surface area contributed by atoms with Gasteiger partial charge in [0, 0.05) is 37.6 Å². The minimum atomic E-state index is -1.45. The molecule has 4 aromatic heterocycles. The number of nitriles is 1. The Hall–Kier alpha value is -4.30. The zero-order valence-corrected chi connectivity index (χ0v) is 20.5. The van der Waals surface area contributed by atoms with E-state index >= 15 is 0 Å². The van der Waals surface area contributed by atoms with Crippen LogP contribution in [0.2, 0.25) is 0 Å². The van der Waals surface area contributed by atoms with Crippen molar-refractivity contribution < 1.29 is 14.3 Å². The Morgan fingerprint density at radius 2 is 1.97 bits per heavy atom. The molecule has 0 spiro atoms. The van der Waals surface area contributed by atoms with Crippen molar-refractivity contribution in [2.24, 2.45) is 0 Å². The molecule has 4 aromatic rings. The summed E-state index contributed by atoms with van der Waals surface area (Å²) in [4.78, 5) is 34.7. The summed E-state index contributed by atoms with van der Waals surface area (Å²) < 4.78 is 7.44. The Morgan fingerprint density at radius 3 is 2.67 bits per heavy atom. The van der Waals surface area contributed by atoms with E-state index < -0.39 is 5.60 Å². The fourth-order valence-electron chi connectivity index (χ4n) is 4.63. The van der Waals surface area contributed by atoms with Crippen LogP contribution in [0.25, 0.3) is 28.3 Å². The molecule has 0 aliphatic carbocycles. The number of aliphatic hydroxyl groups is 1. The van der Waals surface area contributed by atoms with Gasteiger partial charge in [0.05, 0.1) is 28.8 Å². The minimum Gasteiger partial charge on any atom is -0.444 e. The number of fused-ring (bicyclic) bond motifs is 1. The molecule has 0 bridgehead atoms. The fraction of sp³-hybridized carbons (Fsp3) is 0.360. The van der Waals surface area contributed by atoms with E-state index in [2.05, 4.69) is 30.9 Å². The highest BCUT2D eigenvalue weighted by molar-refractivity contribution is 6.01. The van der Waals surface area contributed by atoms with Crippen LogP contribution >= 0.6 is 0 Å². The summed E-state index contributed by atoms with van der Waals surface area (Å²) in [5.41, 5.74) is 0.303. The first-order valence-corrected chi connectivity index (χ1v) is 11.6. The summed E-state index contributed by atoms with van der Waals surface area (Å²) in [5.74, 6) is 1.31. The first-order valence-electron chi connectivity index (χ1n) is 11.6. The van der Waals surface area contributed by atoms with Crippen LogP contribution in [0.4, 0.5) is 5.82 Å². The van der Waals surface area contributed by atoms with Crippen LogP contribution in [0, 0.1) is 11.3 Å². The van der Waals surface area contributed by atoms with Crippen molar-refractivity contribution in [3.8, 4) is 23.3 Å². The molecule has 0 saturated carbocycles. The number of anilines is 1. The van der Waals surface area contributed by atoms with Gasteiger partial charge in [-0.15, -0.1) is 0 Å². The third kappa shape index (κ3) is 3.95. The van der Waals surface area contributed by atoms with Gasteiger partial charge in [0.2, 0.25) is 5.89 Å². The molecule has 0 radical (unpaired) electrons. The molecule has 1 fully saturated rings. The van der Waals surface area contributed by atoms with Gasteiger partial charge in [0.15, 0.2) is 5.65 Å². The molecule has 184 valence electrons. The van der Waals surface area contributed by atoms with Crippen LogP contribution in [0.15, 0.2) is 47.7 Å². The zero-order chi connectivity index (χ0) is 25.6. The van der Waals surface area contributed by atoms with Gasteiger partial charge in [-0.3, -0.25) is 9.36 Å². The largest absolute Gasteiger partial charge is 0.444 e. The van der Waals surface area contributed by atoms with Gasteiger partial charge in [-0.25, -0.2) is 19.9 Å². The molecule has 1 aliphatic heterocycles. The maximum Gasteiger partial charge on any atom is 0.254 e. The summed E-state index contributed by atoms with van der Waals surface area (Å²) in [6, 6.07) is 5.22. The number of piperazine rings is 1. The molecule has 36 heavy (non-hydrogen) atoms. The Balaban J connectivity index is 1.64. The lowest BCUT2D eigenvalue weighted by atomic mass is 10.0. The van der Waals surface area contributed by atoms with E-state index in [4.69, 9.17) is 4.42 Å². The van der Waals surface area contributed by atoms with Gasteiger partial charge >= 0.3 is 0 Å². The van der Waals surface area contributed by atoms with Gasteiger partial charge in [0.1, 0.15) is 29.8 Å². The minimum absolute atomic E-state index is 0.0913. The fourth-order valence-corrected chi connectivity index (χ4v) is 4.63. The number of oxazole rings is 1. The van der Waals surface area contributed by atoms with Crippen LogP contribution in [0.3, 0.4) is 0 Å². The first-order chi connectivity index (χ1) is 17.2. The van der Waals surface area contributed by atoms with Crippen LogP contribution < -0.4 is 4.90 Å². The molecule has 1 aliphatic rings. The lowest BCUT2D eigenvalue weighted by Gasteiger charge is -2.46. The predicted molar refractivity (Wildman–Crippen MR) is 131 cm³/mol. The third-order valence-corrected chi connectivity index (χ3v) is 6.39. The van der Waals surface area contributed by atoms with Crippen LogP contribution in [-0.2, 0) is 4.79 Å². The smallest absolute Gasteiger partial charge is 0.254 e. The Morgan fingerprint density at radius 1 is 1.17 bits per heavy atom. The van der Waals surface area contributed by atoms with Gasteiger partial charge in [-0.1, -0.05) is 0 Å². The number of carbonyl (C=O) groups excluding carboxylic acids is 1. The van der Waals surface area contributed by atoms with Crippen molar-refractivity contribution in [3.05, 3.63) is 48.9 Å². The maximum absolute atomic E-state index is 12.8. The second kappa shape index (κ2) is 8.73. The van der Waals surface area contributed by atoms with E-state index in [-0.39, 0.29) is 18.0 Å². The van der Waals surface area contributed by atoms with Crippen molar-refractivity contribution >= 4 is 22.8 Å². The summed E-state index contributed by atoms with van der Waals surface area (Å²) in [7, 11) is 0. The molecule has 1 amide bonds. The molecule has 1 N–H and O–H groups in total. The summed E-state index contributed by atoms with van der Waals surface area (Å²) in [6.07, 6.45) is 7.98. The van der Waals surface area contributed by atoms with Crippen molar-refractivity contribution in [1.82, 2.24) is 29.4 Å². The topological polar surface area (TPSA) is 137 Å². The van der Waals surface area contributed by atoms with Crippen molar-refractivity contribution in [2.75, 3.05) is 18.0 Å². The normalized spacial score (nSPS) is 18.4. The number of hydrogen-bond donors (Lipinski definition) is 1. The molecular formula is C25H26N8O3. The molecule has 2 atom stereocenters. The summed E-state index contributed by atoms with van der Waals surface area (Å²) in [5, 5.41) is 20.4. The second-order valence-corrected chi connectivity index (χ2v) is 9.53. The number of rotatable bonds is 4. The quantitative estimate of drug-likeness (QED) is 0.461. The van der Waals surface area contributed by atoms with E-state index in [1.807, 2.05) is 20.0 Å². The number of aromatic nitrogens is 5. The predicted octanol–water partition coefficient (Wildman–Crippen LogP) is 2.54. The first kappa shape index (κ1) is 23.4. The van der Waals surface area contributed by atoms with Gasteiger partial charge in [-0.05, 0) is 39.8 Å². The van der Waals surface area contributed by atoms with Crippen LogP contribution in [0.5, 0.6) is 0 Å². The number of amides is 1. The highest BCUT2D eigenvalue weighted by Crippen LogP contribution is 2.37. The highest BCUT2D eigenvalue weighted by Gasteiger charge is 2.39. The van der Waals surface area contributed by atoms with Gasteiger partial charge in [-0.2, -0.15) is 5.26 Å². The van der Waals surface area contributed by atoms with E-state index in [1.165, 1.54) is 26.4 Å². The molecule has 0 unspecified atom stereocenters. The molecule has 5 rings (SSSR count). The van der Waals surface area contributed by atoms with E-state index in [0.29, 0.717) is 47.4 Å². The van der Waals surface area contributed by atoms with E-state index in [0.717, 1.165) is 5.39 Å². The molecule has 11 heteroatoms. The number of carbonyl (C=O) groups is 1. The van der Waals surface area contributed by atoms with Crippen molar-refractivity contribution in [1.29, 1.82) is 5.26 Å². The van der Waals surface area contributed by atoms with Crippen LogP contribution in [-0.4, -0.2) is 71.2 Å². The summed E-state index contributed by atoms with van der Waals surface area (Å²) in [6.45, 7) is 7.92. The molecule has 0 aromatic carbocycles. The van der Waals surface area contributed by atoms with Crippen LogP contribution in [0.1, 0.15) is 33.3 Å². The van der Waals surface area contributed by atoms with Crippen molar-refractivity contribution in [2.45, 2.75) is 45.4 Å². The van der Waals surface area contributed by atoms with E-state index in [9.17, 15) is 15.2 Å². The Kier molecular flexibility index (Phi) is 5.68. The Bertz CT molecular complexity index is 1460. The monoisotopic (exact) mass is 486 g/mol.